The van der Waals surface area contributed by atoms with Crippen molar-refractivity contribution in [2.45, 2.75) is 0 Å². The predicted octanol–water partition coefficient (Wildman–Crippen LogP) is 2.65. The van der Waals surface area contributed by atoms with Gasteiger partial charge in [-0.15, -0.1) is 0 Å². The summed E-state index contributed by atoms with van der Waals surface area (Å²) < 4.78 is 0. The lowest BCUT2D eigenvalue weighted by atomic mass is 10.1. The fourth-order valence-corrected chi connectivity index (χ4v) is 1.38. The first-order valence-electron chi connectivity index (χ1n) is 3.83. The van der Waals surface area contributed by atoms with Gasteiger partial charge in [-0.3, -0.25) is 0 Å². The van der Waals surface area contributed by atoms with Crippen LogP contribution in [0.5, 0.6) is 0 Å². The molecule has 0 atom stereocenters. The van der Waals surface area contributed by atoms with Crippen molar-refractivity contribution >= 4 is 11.4 Å². The Morgan fingerprint density at radius 3 is 2.50 bits per heavy atom. The van der Waals surface area contributed by atoms with Crippen molar-refractivity contribution < 1.29 is 0 Å². The highest BCUT2D eigenvalue weighted by atomic mass is 14.8. The summed E-state index contributed by atoms with van der Waals surface area (Å²) in [5, 5.41) is 0. The Morgan fingerprint density at radius 2 is 1.83 bits per heavy atom. The summed E-state index contributed by atoms with van der Waals surface area (Å²) in [5.74, 6) is 0. The van der Waals surface area contributed by atoms with E-state index in [4.69, 9.17) is 0 Å². The number of aliphatic imine (C=N–C) groups is 1. The summed E-state index contributed by atoms with van der Waals surface area (Å²) in [7, 11) is 0. The lowest BCUT2D eigenvalue weighted by Gasteiger charge is -1.96. The number of nitrogens with zero attached hydrogens (tertiary/aromatic N) is 1. The van der Waals surface area contributed by atoms with Crippen molar-refractivity contribution in [3.05, 3.63) is 54.6 Å². The molecule has 0 aromatic heterocycles. The zero-order valence-corrected chi connectivity index (χ0v) is 6.75. The number of benzene rings is 1. The van der Waals surface area contributed by atoms with Crippen molar-refractivity contribution in [2.75, 3.05) is 0 Å². The molecule has 1 heteroatoms. The Labute approximate surface area is 71.8 Å². The van der Waals surface area contributed by atoms with Gasteiger partial charge in [0.05, 0.1) is 11.4 Å². The third-order valence-corrected chi connectivity index (χ3v) is 1.96. The fraction of sp³-hybridized carbons (Fsp3) is 0. The summed E-state index contributed by atoms with van der Waals surface area (Å²) >= 11 is 0. The zero-order chi connectivity index (χ0) is 8.55. The number of rotatable bonds is 1. The highest BCUT2D eigenvalue weighted by Crippen LogP contribution is 2.26. The van der Waals surface area contributed by atoms with Crippen LogP contribution in [-0.4, -0.2) is 5.71 Å². The average Bonchev–Trinajstić information content (AvgIpc) is 2.44. The Morgan fingerprint density at radius 1 is 1.17 bits per heavy atom. The zero-order valence-electron chi connectivity index (χ0n) is 6.75. The second kappa shape index (κ2) is 2.45. The molecule has 1 nitrogen and oxygen atoms in total. The van der Waals surface area contributed by atoms with Gasteiger partial charge in [0.1, 0.15) is 0 Å². The first-order chi connectivity index (χ1) is 5.83. The summed E-state index contributed by atoms with van der Waals surface area (Å²) in [4.78, 5) is 4.28. The van der Waals surface area contributed by atoms with Gasteiger partial charge in [0.25, 0.3) is 0 Å². The minimum atomic E-state index is 0.834. The van der Waals surface area contributed by atoms with E-state index in [0.717, 1.165) is 22.5 Å². The van der Waals surface area contributed by atoms with E-state index < -0.39 is 0 Å². The normalized spacial score (nSPS) is 14.0. The van der Waals surface area contributed by atoms with Gasteiger partial charge in [0.15, 0.2) is 0 Å². The maximum Gasteiger partial charge on any atom is 0.0710 e. The predicted molar refractivity (Wildman–Crippen MR) is 52.2 cm³/mol. The van der Waals surface area contributed by atoms with Gasteiger partial charge in [-0.1, -0.05) is 37.4 Å². The van der Waals surface area contributed by atoms with Gasteiger partial charge >= 0.3 is 0 Å². The topological polar surface area (TPSA) is 12.4 Å². The van der Waals surface area contributed by atoms with E-state index >= 15 is 0 Å². The molecule has 58 valence electrons. The first-order valence-corrected chi connectivity index (χ1v) is 3.83. The van der Waals surface area contributed by atoms with Crippen molar-refractivity contribution in [3.8, 4) is 0 Å². The van der Waals surface area contributed by atoms with E-state index in [9.17, 15) is 0 Å². The summed E-state index contributed by atoms with van der Waals surface area (Å²) in [6.07, 6.45) is 1.76. The molecule has 1 heterocycles. The molecule has 0 radical (unpaired) electrons. The maximum absolute atomic E-state index is 4.28. The molecule has 1 aromatic rings. The van der Waals surface area contributed by atoms with Crippen LogP contribution in [0.15, 0.2) is 48.5 Å². The fourth-order valence-electron chi connectivity index (χ4n) is 1.38. The summed E-state index contributed by atoms with van der Waals surface area (Å²) in [6.45, 7) is 7.56. The minimum absolute atomic E-state index is 0.834. The summed E-state index contributed by atoms with van der Waals surface area (Å²) in [6, 6.07) is 8.05. The Bertz CT molecular complexity index is 386. The van der Waals surface area contributed by atoms with Crippen LogP contribution in [0.4, 0.5) is 0 Å². The molecule has 0 fully saturated rings. The first kappa shape index (κ1) is 7.04. The van der Waals surface area contributed by atoms with Crippen molar-refractivity contribution in [2.24, 2.45) is 4.99 Å². The SMILES string of the molecule is C=CC1=NC(=C)c2ccccc21. The monoisotopic (exact) mass is 155 g/mol. The molecular formula is C11H9N. The van der Waals surface area contributed by atoms with E-state index in [1.54, 1.807) is 6.08 Å². The molecule has 1 aliphatic heterocycles. The quantitative estimate of drug-likeness (QED) is 0.591. The van der Waals surface area contributed by atoms with Crippen LogP contribution in [0.3, 0.4) is 0 Å². The number of hydrogen-bond acceptors (Lipinski definition) is 1. The molecule has 12 heavy (non-hydrogen) atoms. The maximum atomic E-state index is 4.28. The number of allylic oxidation sites excluding steroid dienone is 1. The van der Waals surface area contributed by atoms with Crippen LogP contribution < -0.4 is 0 Å². The van der Waals surface area contributed by atoms with Crippen molar-refractivity contribution in [1.29, 1.82) is 0 Å². The van der Waals surface area contributed by atoms with Gasteiger partial charge < -0.3 is 0 Å². The molecule has 0 unspecified atom stereocenters. The molecule has 0 bridgehead atoms. The smallest absolute Gasteiger partial charge is 0.0710 e. The van der Waals surface area contributed by atoms with Crippen LogP contribution >= 0.6 is 0 Å². The van der Waals surface area contributed by atoms with E-state index in [1.165, 1.54) is 0 Å². The molecule has 1 aromatic carbocycles. The van der Waals surface area contributed by atoms with Crippen LogP contribution in [0.1, 0.15) is 11.1 Å². The van der Waals surface area contributed by atoms with Crippen LogP contribution in [-0.2, 0) is 0 Å². The number of hydrogen-bond donors (Lipinski definition) is 0. The molecule has 0 saturated heterocycles. The lowest BCUT2D eigenvalue weighted by molar-refractivity contribution is 1.59. The molecule has 0 saturated carbocycles. The Hall–Kier alpha value is -1.63. The molecule has 0 amide bonds. The van der Waals surface area contributed by atoms with Gasteiger partial charge in [-0.2, -0.15) is 0 Å². The van der Waals surface area contributed by atoms with E-state index in [1.807, 2.05) is 24.3 Å². The average molecular weight is 155 g/mol. The summed E-state index contributed by atoms with van der Waals surface area (Å²) in [5.41, 5.74) is 4.01. The van der Waals surface area contributed by atoms with Gasteiger partial charge in [-0.05, 0) is 6.08 Å². The third kappa shape index (κ3) is 0.832. The van der Waals surface area contributed by atoms with Crippen molar-refractivity contribution in [3.63, 3.8) is 0 Å². The van der Waals surface area contributed by atoms with Crippen LogP contribution in [0.2, 0.25) is 0 Å². The second-order valence-corrected chi connectivity index (χ2v) is 2.69. The highest BCUT2D eigenvalue weighted by Gasteiger charge is 2.14. The Balaban J connectivity index is 2.68. The second-order valence-electron chi connectivity index (χ2n) is 2.69. The van der Waals surface area contributed by atoms with Crippen LogP contribution in [0.25, 0.3) is 5.70 Å². The largest absolute Gasteiger partial charge is 0.248 e. The van der Waals surface area contributed by atoms with E-state index in [0.29, 0.717) is 0 Å². The van der Waals surface area contributed by atoms with Gasteiger partial charge in [0, 0.05) is 11.1 Å². The van der Waals surface area contributed by atoms with Crippen molar-refractivity contribution in [1.82, 2.24) is 0 Å². The molecule has 0 spiro atoms. The van der Waals surface area contributed by atoms with Gasteiger partial charge in [0.2, 0.25) is 0 Å². The molecule has 0 N–H and O–H groups in total. The lowest BCUT2D eigenvalue weighted by Crippen LogP contribution is -1.91. The van der Waals surface area contributed by atoms with Crippen LogP contribution in [0, 0.1) is 0 Å². The molecular weight excluding hydrogens is 146 g/mol. The molecule has 1 aliphatic rings. The molecule has 2 rings (SSSR count). The van der Waals surface area contributed by atoms with E-state index in [2.05, 4.69) is 18.2 Å². The third-order valence-electron chi connectivity index (χ3n) is 1.96. The van der Waals surface area contributed by atoms with E-state index in [-0.39, 0.29) is 0 Å². The van der Waals surface area contributed by atoms with Gasteiger partial charge in [-0.25, -0.2) is 4.99 Å². The standard InChI is InChI=1S/C11H9N/c1-3-11-10-7-5-4-6-9(10)8(2)12-11/h3-7H,1-2H2. The molecule has 0 aliphatic carbocycles. The minimum Gasteiger partial charge on any atom is -0.248 e. The number of fused-ring (bicyclic) bond motifs is 1. The highest BCUT2D eigenvalue weighted by molar-refractivity contribution is 6.16. The Kier molecular flexibility index (Phi) is 1.44.